The lowest BCUT2D eigenvalue weighted by molar-refractivity contribution is -0.151. The van der Waals surface area contributed by atoms with E-state index in [9.17, 15) is 18.8 Å². The molecule has 1 heterocycles. The van der Waals surface area contributed by atoms with E-state index in [4.69, 9.17) is 21.1 Å². The Morgan fingerprint density at radius 2 is 1.78 bits per heavy atom. The van der Waals surface area contributed by atoms with Gasteiger partial charge in [0.05, 0.1) is 24.7 Å². The number of benzene rings is 2. The standard InChI is InChI=1S/C26H30ClFN4O5/c1-15(2)37-21-12-11-19(13-20(21)28)29-23-30-24(34)31(14-26(4,5)22(33)36-6)25(35)32(23)16(3)17-7-9-18(27)10-8-17/h7-13,15-16H,14H2,1-6H3,(H,29,30,34)/t16-/m0/s1. The Kier molecular flexibility index (Phi) is 8.42. The summed E-state index contributed by atoms with van der Waals surface area (Å²) in [6.07, 6.45) is -0.220. The molecule has 0 saturated heterocycles. The topological polar surface area (TPSA) is 104 Å². The van der Waals surface area contributed by atoms with Gasteiger partial charge in [-0.15, -0.1) is 0 Å². The molecule has 2 aromatic carbocycles. The van der Waals surface area contributed by atoms with Gasteiger partial charge in [0, 0.05) is 23.3 Å². The lowest BCUT2D eigenvalue weighted by Crippen LogP contribution is -2.47. The Morgan fingerprint density at radius 1 is 1.14 bits per heavy atom. The summed E-state index contributed by atoms with van der Waals surface area (Å²) < 4.78 is 27.0. The maximum Gasteiger partial charge on any atom is 0.354 e. The first-order chi connectivity index (χ1) is 17.3. The molecule has 0 saturated carbocycles. The molecule has 0 radical (unpaired) electrons. The van der Waals surface area contributed by atoms with Gasteiger partial charge in [-0.1, -0.05) is 23.7 Å². The number of hydrogen-bond acceptors (Lipinski definition) is 7. The van der Waals surface area contributed by atoms with Crippen molar-refractivity contribution in [2.24, 2.45) is 5.41 Å². The van der Waals surface area contributed by atoms with E-state index in [0.717, 1.165) is 4.57 Å². The smallest absolute Gasteiger partial charge is 0.354 e. The van der Waals surface area contributed by atoms with Crippen LogP contribution in [0.1, 0.15) is 46.2 Å². The molecular formula is C26H30ClFN4O5. The fourth-order valence-electron chi connectivity index (χ4n) is 3.76. The lowest BCUT2D eigenvalue weighted by atomic mass is 9.94. The first kappa shape index (κ1) is 27.9. The van der Waals surface area contributed by atoms with E-state index in [1.165, 1.54) is 23.8 Å². The first-order valence-corrected chi connectivity index (χ1v) is 12.0. The second-order valence-electron chi connectivity index (χ2n) is 9.50. The van der Waals surface area contributed by atoms with Gasteiger partial charge in [0.25, 0.3) is 0 Å². The van der Waals surface area contributed by atoms with Crippen molar-refractivity contribution < 1.29 is 18.7 Å². The third-order valence-electron chi connectivity index (χ3n) is 5.68. The fraction of sp³-hybridized carbons (Fsp3) is 0.385. The van der Waals surface area contributed by atoms with Gasteiger partial charge in [0.1, 0.15) is 0 Å². The number of nitrogens with one attached hydrogen (secondary N) is 1. The van der Waals surface area contributed by atoms with Gasteiger partial charge in [-0.25, -0.2) is 18.5 Å². The molecule has 0 fully saturated rings. The molecule has 9 nitrogen and oxygen atoms in total. The van der Waals surface area contributed by atoms with E-state index < -0.39 is 34.6 Å². The number of nitrogens with zero attached hydrogens (tertiary/aromatic N) is 3. The van der Waals surface area contributed by atoms with E-state index in [0.29, 0.717) is 10.6 Å². The Labute approximate surface area is 218 Å². The van der Waals surface area contributed by atoms with Crippen LogP contribution in [0.25, 0.3) is 0 Å². The quantitative estimate of drug-likeness (QED) is 0.403. The zero-order valence-corrected chi connectivity index (χ0v) is 22.3. The zero-order chi connectivity index (χ0) is 27.5. The third-order valence-corrected chi connectivity index (χ3v) is 5.93. The van der Waals surface area contributed by atoms with Crippen LogP contribution in [-0.4, -0.2) is 33.3 Å². The maximum absolute atomic E-state index is 14.6. The first-order valence-electron chi connectivity index (χ1n) is 11.6. The molecule has 0 aliphatic rings. The average molecular weight is 533 g/mol. The van der Waals surface area contributed by atoms with Crippen molar-refractivity contribution in [3.8, 4) is 5.75 Å². The number of esters is 1. The van der Waals surface area contributed by atoms with Crippen molar-refractivity contribution in [2.45, 2.75) is 53.3 Å². The summed E-state index contributed by atoms with van der Waals surface area (Å²) in [5, 5.41) is 3.40. The van der Waals surface area contributed by atoms with Crippen LogP contribution in [0.4, 0.5) is 16.0 Å². The van der Waals surface area contributed by atoms with Crippen molar-refractivity contribution in [1.29, 1.82) is 0 Å². The van der Waals surface area contributed by atoms with Crippen LogP contribution in [0, 0.1) is 11.2 Å². The highest BCUT2D eigenvalue weighted by atomic mass is 35.5. The summed E-state index contributed by atoms with van der Waals surface area (Å²) in [4.78, 5) is 43.0. The number of ether oxygens (including phenoxy) is 2. The summed E-state index contributed by atoms with van der Waals surface area (Å²) in [6.45, 7) is 8.18. The highest BCUT2D eigenvalue weighted by Crippen LogP contribution is 2.26. The number of hydrogen-bond donors (Lipinski definition) is 1. The van der Waals surface area contributed by atoms with Crippen LogP contribution in [0.2, 0.25) is 5.02 Å². The van der Waals surface area contributed by atoms with Gasteiger partial charge >= 0.3 is 17.3 Å². The number of halogens is 2. The molecule has 0 unspecified atom stereocenters. The molecule has 1 N–H and O–H groups in total. The molecule has 198 valence electrons. The summed E-state index contributed by atoms with van der Waals surface area (Å²) in [5.74, 6) is -1.23. The van der Waals surface area contributed by atoms with Gasteiger partial charge in [-0.2, -0.15) is 4.98 Å². The Bertz CT molecular complexity index is 1400. The highest BCUT2D eigenvalue weighted by Gasteiger charge is 2.32. The average Bonchev–Trinajstić information content (AvgIpc) is 2.83. The molecule has 1 atom stereocenters. The Morgan fingerprint density at radius 3 is 2.35 bits per heavy atom. The number of carbonyl (C=O) groups is 1. The van der Waals surface area contributed by atoms with E-state index in [1.54, 1.807) is 65.0 Å². The second kappa shape index (κ2) is 11.2. The molecule has 0 bridgehead atoms. The number of rotatable bonds is 9. The normalized spacial score (nSPS) is 12.4. The number of methoxy groups -OCH3 is 1. The number of anilines is 2. The Hall–Kier alpha value is -3.66. The fourth-order valence-corrected chi connectivity index (χ4v) is 3.89. The lowest BCUT2D eigenvalue weighted by Gasteiger charge is -2.25. The monoisotopic (exact) mass is 532 g/mol. The zero-order valence-electron chi connectivity index (χ0n) is 21.5. The van der Waals surface area contributed by atoms with E-state index in [2.05, 4.69) is 10.3 Å². The molecule has 3 rings (SSSR count). The Balaban J connectivity index is 2.14. The predicted octanol–water partition coefficient (Wildman–Crippen LogP) is 4.54. The summed E-state index contributed by atoms with van der Waals surface area (Å²) in [6, 6.07) is 10.4. The van der Waals surface area contributed by atoms with Crippen molar-refractivity contribution in [1.82, 2.24) is 14.1 Å². The molecule has 1 aromatic heterocycles. The summed E-state index contributed by atoms with van der Waals surface area (Å²) in [5.41, 5.74) is -1.79. The summed E-state index contributed by atoms with van der Waals surface area (Å²) in [7, 11) is 1.23. The maximum atomic E-state index is 14.6. The van der Waals surface area contributed by atoms with Gasteiger partial charge in [-0.05, 0) is 64.4 Å². The molecule has 0 amide bonds. The molecule has 3 aromatic rings. The van der Waals surface area contributed by atoms with Crippen LogP contribution in [-0.2, 0) is 16.1 Å². The molecule has 0 spiro atoms. The van der Waals surface area contributed by atoms with E-state index in [1.807, 2.05) is 0 Å². The minimum Gasteiger partial charge on any atom is -0.488 e. The third kappa shape index (κ3) is 6.37. The van der Waals surface area contributed by atoms with E-state index in [-0.39, 0.29) is 30.0 Å². The van der Waals surface area contributed by atoms with Crippen molar-refractivity contribution in [3.63, 3.8) is 0 Å². The van der Waals surface area contributed by atoms with Crippen molar-refractivity contribution in [3.05, 3.63) is 79.8 Å². The van der Waals surface area contributed by atoms with Gasteiger partial charge < -0.3 is 14.8 Å². The van der Waals surface area contributed by atoms with Crippen molar-refractivity contribution in [2.75, 3.05) is 12.4 Å². The minimum absolute atomic E-state index is 0.0703. The van der Waals surface area contributed by atoms with Crippen LogP contribution < -0.4 is 21.4 Å². The molecule has 0 aliphatic heterocycles. The summed E-state index contributed by atoms with van der Waals surface area (Å²) >= 11 is 6.03. The van der Waals surface area contributed by atoms with Crippen LogP contribution in [0.5, 0.6) is 5.75 Å². The SMILES string of the molecule is COC(=O)C(C)(C)Cn1c(=O)nc(Nc2ccc(OC(C)C)c(F)c2)n([C@@H](C)c2ccc(Cl)cc2)c1=O. The second-order valence-corrected chi connectivity index (χ2v) is 9.93. The van der Waals surface area contributed by atoms with Crippen LogP contribution >= 0.6 is 11.6 Å². The molecule has 37 heavy (non-hydrogen) atoms. The van der Waals surface area contributed by atoms with Gasteiger partial charge in [0.2, 0.25) is 5.95 Å². The van der Waals surface area contributed by atoms with Gasteiger partial charge in [-0.3, -0.25) is 9.36 Å². The molecular weight excluding hydrogens is 503 g/mol. The molecule has 0 aliphatic carbocycles. The predicted molar refractivity (Wildman–Crippen MR) is 139 cm³/mol. The molecule has 11 heteroatoms. The van der Waals surface area contributed by atoms with Crippen LogP contribution in [0.15, 0.2) is 52.1 Å². The van der Waals surface area contributed by atoms with Crippen LogP contribution in [0.3, 0.4) is 0 Å². The highest BCUT2D eigenvalue weighted by molar-refractivity contribution is 6.30. The largest absolute Gasteiger partial charge is 0.488 e. The van der Waals surface area contributed by atoms with E-state index >= 15 is 0 Å². The number of aromatic nitrogens is 3. The number of carbonyl (C=O) groups excluding carboxylic acids is 1. The minimum atomic E-state index is -1.18. The van der Waals surface area contributed by atoms with Gasteiger partial charge in [0.15, 0.2) is 11.6 Å². The van der Waals surface area contributed by atoms with Crippen molar-refractivity contribution >= 4 is 29.2 Å².